The van der Waals surface area contributed by atoms with Gasteiger partial charge in [-0.1, -0.05) is 87.6 Å². The fourth-order valence-electron chi connectivity index (χ4n) is 2.95. The zero-order chi connectivity index (χ0) is 18.8. The number of carbonyl (C=O) groups is 2. The number of ketones is 2. The number of carbonyl (C=O) groups excluding carboxylic acids is 2. The normalized spacial score (nSPS) is 10.7. The van der Waals surface area contributed by atoms with Crippen molar-refractivity contribution in [3.8, 4) is 0 Å². The standard InChI is InChI=1S/C23H28O3/c1-2-3-4-5-6-7-8-22(25)19-13-15-21(16-14-19)23(26)20-11-9-18(17-24)10-12-20/h9-16,24H,2-8,17H2,1H3. The molecule has 0 aliphatic rings. The minimum absolute atomic E-state index is 0.0378. The Labute approximate surface area is 156 Å². The van der Waals surface area contributed by atoms with Crippen molar-refractivity contribution in [2.24, 2.45) is 0 Å². The van der Waals surface area contributed by atoms with E-state index in [-0.39, 0.29) is 18.2 Å². The molecule has 0 bridgehead atoms. The SMILES string of the molecule is CCCCCCCCC(=O)c1ccc(C(=O)c2ccc(CO)cc2)cc1. The third-order valence-electron chi connectivity index (χ3n) is 4.63. The Bertz CT molecular complexity index is 699. The van der Waals surface area contributed by atoms with Crippen LogP contribution < -0.4 is 0 Å². The third-order valence-corrected chi connectivity index (χ3v) is 4.63. The Morgan fingerprint density at radius 2 is 1.23 bits per heavy atom. The average Bonchev–Trinajstić information content (AvgIpc) is 2.70. The summed E-state index contributed by atoms with van der Waals surface area (Å²) in [4.78, 5) is 24.7. The van der Waals surface area contributed by atoms with Gasteiger partial charge < -0.3 is 5.11 Å². The Hall–Kier alpha value is -2.26. The summed E-state index contributed by atoms with van der Waals surface area (Å²) in [6.07, 6.45) is 7.56. The van der Waals surface area contributed by atoms with Crippen LogP contribution in [0.2, 0.25) is 0 Å². The fraction of sp³-hybridized carbons (Fsp3) is 0.391. The number of unbranched alkanes of at least 4 members (excludes halogenated alkanes) is 5. The topological polar surface area (TPSA) is 54.4 Å². The molecule has 0 unspecified atom stereocenters. The first-order valence-electron chi connectivity index (χ1n) is 9.53. The van der Waals surface area contributed by atoms with Gasteiger partial charge in [-0.05, 0) is 12.0 Å². The molecular formula is C23H28O3. The van der Waals surface area contributed by atoms with E-state index in [1.165, 1.54) is 25.7 Å². The van der Waals surface area contributed by atoms with E-state index in [0.717, 1.165) is 18.4 Å². The molecule has 0 saturated carbocycles. The van der Waals surface area contributed by atoms with E-state index in [9.17, 15) is 9.59 Å². The molecule has 2 aromatic carbocycles. The van der Waals surface area contributed by atoms with Gasteiger partial charge in [0.25, 0.3) is 0 Å². The molecule has 0 heterocycles. The van der Waals surface area contributed by atoms with E-state index in [1.807, 2.05) is 0 Å². The maximum absolute atomic E-state index is 12.5. The highest BCUT2D eigenvalue weighted by Crippen LogP contribution is 2.15. The van der Waals surface area contributed by atoms with Crippen LogP contribution in [0.4, 0.5) is 0 Å². The molecule has 0 aliphatic heterocycles. The highest BCUT2D eigenvalue weighted by atomic mass is 16.3. The van der Waals surface area contributed by atoms with Crippen molar-refractivity contribution < 1.29 is 14.7 Å². The molecule has 0 spiro atoms. The van der Waals surface area contributed by atoms with Gasteiger partial charge in [-0.2, -0.15) is 0 Å². The number of aliphatic hydroxyl groups is 1. The van der Waals surface area contributed by atoms with E-state index >= 15 is 0 Å². The van der Waals surface area contributed by atoms with Gasteiger partial charge in [0.15, 0.2) is 11.6 Å². The quantitative estimate of drug-likeness (QED) is 0.438. The predicted molar refractivity (Wildman–Crippen MR) is 105 cm³/mol. The van der Waals surface area contributed by atoms with Crippen LogP contribution in [0.3, 0.4) is 0 Å². The van der Waals surface area contributed by atoms with Crippen molar-refractivity contribution in [2.45, 2.75) is 58.5 Å². The van der Waals surface area contributed by atoms with Crippen molar-refractivity contribution in [3.63, 3.8) is 0 Å². The number of Topliss-reactive ketones (excluding diaryl/α,β-unsaturated/α-hetero) is 1. The summed E-state index contributed by atoms with van der Waals surface area (Å²) in [5.74, 6) is 0.0659. The molecule has 0 radical (unpaired) electrons. The fourth-order valence-corrected chi connectivity index (χ4v) is 2.95. The van der Waals surface area contributed by atoms with Crippen molar-refractivity contribution in [3.05, 3.63) is 70.8 Å². The Kier molecular flexibility index (Phi) is 8.23. The molecule has 0 atom stereocenters. The number of hydrogen-bond donors (Lipinski definition) is 1. The van der Waals surface area contributed by atoms with Gasteiger partial charge in [-0.3, -0.25) is 9.59 Å². The summed E-state index contributed by atoms with van der Waals surface area (Å²) >= 11 is 0. The summed E-state index contributed by atoms with van der Waals surface area (Å²) in [5, 5.41) is 9.07. The van der Waals surface area contributed by atoms with Crippen LogP contribution in [0.25, 0.3) is 0 Å². The Morgan fingerprint density at radius 1 is 0.731 bits per heavy atom. The summed E-state index contributed by atoms with van der Waals surface area (Å²) < 4.78 is 0. The van der Waals surface area contributed by atoms with Crippen molar-refractivity contribution >= 4 is 11.6 Å². The second-order valence-corrected chi connectivity index (χ2v) is 6.70. The molecule has 2 rings (SSSR count). The molecule has 3 heteroatoms. The first-order chi connectivity index (χ1) is 12.7. The first-order valence-corrected chi connectivity index (χ1v) is 9.53. The number of benzene rings is 2. The van der Waals surface area contributed by atoms with Gasteiger partial charge >= 0.3 is 0 Å². The van der Waals surface area contributed by atoms with Crippen LogP contribution in [0.5, 0.6) is 0 Å². The lowest BCUT2D eigenvalue weighted by atomic mass is 9.98. The van der Waals surface area contributed by atoms with Crippen molar-refractivity contribution in [1.29, 1.82) is 0 Å². The van der Waals surface area contributed by atoms with Crippen LogP contribution in [0.1, 0.15) is 83.7 Å². The average molecular weight is 352 g/mol. The number of hydrogen-bond acceptors (Lipinski definition) is 3. The van der Waals surface area contributed by atoms with Gasteiger partial charge in [0, 0.05) is 23.1 Å². The largest absolute Gasteiger partial charge is 0.392 e. The molecule has 0 aromatic heterocycles. The predicted octanol–water partition coefficient (Wildman–Crippen LogP) is 5.34. The molecule has 0 saturated heterocycles. The van der Waals surface area contributed by atoms with Gasteiger partial charge in [-0.25, -0.2) is 0 Å². The minimum atomic E-state index is -0.0792. The van der Waals surface area contributed by atoms with E-state index < -0.39 is 0 Å². The maximum atomic E-state index is 12.5. The third kappa shape index (κ3) is 5.92. The highest BCUT2D eigenvalue weighted by molar-refractivity contribution is 6.09. The maximum Gasteiger partial charge on any atom is 0.193 e. The van der Waals surface area contributed by atoms with E-state index in [4.69, 9.17) is 5.11 Å². The minimum Gasteiger partial charge on any atom is -0.392 e. The molecule has 1 N–H and O–H groups in total. The monoisotopic (exact) mass is 352 g/mol. The zero-order valence-electron chi connectivity index (χ0n) is 15.5. The van der Waals surface area contributed by atoms with Crippen LogP contribution in [0, 0.1) is 0 Å². The van der Waals surface area contributed by atoms with Crippen LogP contribution in [0.15, 0.2) is 48.5 Å². The van der Waals surface area contributed by atoms with Crippen LogP contribution in [-0.4, -0.2) is 16.7 Å². The van der Waals surface area contributed by atoms with Crippen LogP contribution >= 0.6 is 0 Å². The van der Waals surface area contributed by atoms with Gasteiger partial charge in [0.1, 0.15) is 0 Å². The van der Waals surface area contributed by atoms with Crippen molar-refractivity contribution in [1.82, 2.24) is 0 Å². The lowest BCUT2D eigenvalue weighted by Gasteiger charge is -2.05. The zero-order valence-corrected chi connectivity index (χ0v) is 15.5. The smallest absolute Gasteiger partial charge is 0.193 e. The summed E-state index contributed by atoms with van der Waals surface area (Å²) in [6.45, 7) is 2.16. The summed E-state index contributed by atoms with van der Waals surface area (Å²) in [7, 11) is 0. The molecule has 3 nitrogen and oxygen atoms in total. The first kappa shape index (κ1) is 20.1. The Balaban J connectivity index is 1.88. The van der Waals surface area contributed by atoms with Gasteiger partial charge in [0.2, 0.25) is 0 Å². The molecule has 138 valence electrons. The molecule has 0 amide bonds. The molecule has 0 fully saturated rings. The number of aliphatic hydroxyl groups excluding tert-OH is 1. The Morgan fingerprint density at radius 3 is 1.81 bits per heavy atom. The second-order valence-electron chi connectivity index (χ2n) is 6.70. The molecular weight excluding hydrogens is 324 g/mol. The van der Waals surface area contributed by atoms with Gasteiger partial charge in [0.05, 0.1) is 6.61 Å². The molecule has 0 aliphatic carbocycles. The van der Waals surface area contributed by atoms with Crippen molar-refractivity contribution in [2.75, 3.05) is 0 Å². The van der Waals surface area contributed by atoms with Crippen LogP contribution in [-0.2, 0) is 6.61 Å². The highest BCUT2D eigenvalue weighted by Gasteiger charge is 2.11. The lowest BCUT2D eigenvalue weighted by Crippen LogP contribution is -2.04. The van der Waals surface area contributed by atoms with E-state index in [0.29, 0.717) is 23.1 Å². The van der Waals surface area contributed by atoms with E-state index in [2.05, 4.69) is 6.92 Å². The number of rotatable bonds is 11. The molecule has 2 aromatic rings. The summed E-state index contributed by atoms with van der Waals surface area (Å²) in [5.41, 5.74) is 2.59. The summed E-state index contributed by atoms with van der Waals surface area (Å²) in [6, 6.07) is 13.8. The van der Waals surface area contributed by atoms with E-state index in [1.54, 1.807) is 48.5 Å². The second kappa shape index (κ2) is 10.7. The van der Waals surface area contributed by atoms with Gasteiger partial charge in [-0.15, -0.1) is 0 Å². The lowest BCUT2D eigenvalue weighted by molar-refractivity contribution is 0.0977. The molecule has 26 heavy (non-hydrogen) atoms.